The molecule has 0 radical (unpaired) electrons. The minimum absolute atomic E-state index is 0. The van der Waals surface area contributed by atoms with E-state index in [0.29, 0.717) is 66.1 Å². The number of carbonyl (C=O) groups excluding carboxylic acids is 2. The van der Waals surface area contributed by atoms with Crippen LogP contribution in [0, 0.1) is 30.6 Å². The fourth-order valence-corrected chi connectivity index (χ4v) is 5.59. The minimum Gasteiger partial charge on any atom is -0.496 e. The van der Waals surface area contributed by atoms with Gasteiger partial charge in [-0.15, -0.1) is 0 Å². The maximum atomic E-state index is 12.8. The van der Waals surface area contributed by atoms with Crippen molar-refractivity contribution in [1.29, 1.82) is 0 Å². The van der Waals surface area contributed by atoms with Crippen LogP contribution >= 0.6 is 0 Å². The van der Waals surface area contributed by atoms with Crippen LogP contribution in [0.1, 0.15) is 30.5 Å². The summed E-state index contributed by atoms with van der Waals surface area (Å²) in [6, 6.07) is 7.10. The first-order valence-electron chi connectivity index (χ1n) is 15.4. The third-order valence-electron chi connectivity index (χ3n) is 8.31. The average molecular weight is 667 g/mol. The standard InChI is InChI=1S/C35H44N4O7.CH4.H2O/c1-26-29(42-2)22-27(23-30(26)43-3)8-10-33(40)38-18-14-36(15-19-38)12-7-13-37-16-20-39(21-17-37)34(41)11-9-28-24-31(44-4)35(46-6)32(25-28)45-5;;/h22-25H,7,12-21H2,1-6H3;1H4;1H2. The first kappa shape index (κ1) is 39.6. The van der Waals surface area contributed by atoms with Gasteiger partial charge in [0.15, 0.2) is 11.5 Å². The number of piperazine rings is 2. The van der Waals surface area contributed by atoms with E-state index in [1.165, 1.54) is 0 Å². The van der Waals surface area contributed by atoms with Gasteiger partial charge in [0, 0.05) is 80.9 Å². The van der Waals surface area contributed by atoms with E-state index in [4.69, 9.17) is 23.7 Å². The molecule has 0 bridgehead atoms. The first-order valence-corrected chi connectivity index (χ1v) is 15.4. The Hall–Kier alpha value is -4.62. The number of benzene rings is 2. The number of amides is 2. The molecule has 12 heteroatoms. The number of ether oxygens (including phenoxy) is 5. The van der Waals surface area contributed by atoms with E-state index in [-0.39, 0.29) is 24.7 Å². The molecule has 2 aliphatic rings. The van der Waals surface area contributed by atoms with Crippen LogP contribution in [0.25, 0.3) is 0 Å². The van der Waals surface area contributed by atoms with Gasteiger partial charge in [0.1, 0.15) is 11.5 Å². The van der Waals surface area contributed by atoms with Gasteiger partial charge in [-0.2, -0.15) is 0 Å². The van der Waals surface area contributed by atoms with Gasteiger partial charge in [0.05, 0.1) is 35.5 Å². The second-order valence-electron chi connectivity index (χ2n) is 11.0. The molecule has 0 unspecified atom stereocenters. The summed E-state index contributed by atoms with van der Waals surface area (Å²) in [6.07, 6.45) is 1.03. The monoisotopic (exact) mass is 666 g/mol. The lowest BCUT2D eigenvalue weighted by atomic mass is 10.1. The van der Waals surface area contributed by atoms with Gasteiger partial charge in [-0.25, -0.2) is 0 Å². The van der Waals surface area contributed by atoms with Crippen LogP contribution in [0.5, 0.6) is 28.7 Å². The topological polar surface area (TPSA) is 125 Å². The SMILES string of the molecule is C.COc1cc(C#CC(=O)N2CCN(CCCN3CCN(C(=O)C#Cc4cc(OC)c(OC)c(OC)c4)CC3)CC2)cc(OC)c1C.O. The Morgan fingerprint density at radius 1 is 0.604 bits per heavy atom. The second kappa shape index (κ2) is 19.3. The van der Waals surface area contributed by atoms with Crippen LogP contribution in [0.2, 0.25) is 0 Å². The van der Waals surface area contributed by atoms with E-state index < -0.39 is 0 Å². The van der Waals surface area contributed by atoms with Crippen LogP contribution < -0.4 is 23.7 Å². The number of nitrogens with zero attached hydrogens (tertiary/aromatic N) is 4. The number of hydrogen-bond acceptors (Lipinski definition) is 9. The van der Waals surface area contributed by atoms with E-state index in [1.54, 1.807) is 52.6 Å². The highest BCUT2D eigenvalue weighted by molar-refractivity contribution is 5.94. The number of hydrogen-bond donors (Lipinski definition) is 0. The molecule has 0 aliphatic carbocycles. The molecule has 2 aromatic rings. The zero-order valence-corrected chi connectivity index (χ0v) is 28.2. The van der Waals surface area contributed by atoms with Crippen molar-refractivity contribution in [1.82, 2.24) is 19.6 Å². The Labute approximate surface area is 285 Å². The maximum Gasteiger partial charge on any atom is 0.298 e. The third kappa shape index (κ3) is 10.2. The van der Waals surface area contributed by atoms with E-state index in [9.17, 15) is 9.59 Å². The van der Waals surface area contributed by atoms with E-state index >= 15 is 0 Å². The molecule has 0 atom stereocenters. The highest BCUT2D eigenvalue weighted by Crippen LogP contribution is 2.38. The van der Waals surface area contributed by atoms with Crippen LogP contribution in [-0.4, -0.2) is 138 Å². The summed E-state index contributed by atoms with van der Waals surface area (Å²) in [5.41, 5.74) is 2.19. The van der Waals surface area contributed by atoms with Crippen molar-refractivity contribution in [2.24, 2.45) is 0 Å². The Kier molecular flexibility index (Phi) is 15.9. The number of carbonyl (C=O) groups is 2. The van der Waals surface area contributed by atoms with Gasteiger partial charge in [0.2, 0.25) is 5.75 Å². The predicted octanol–water partition coefficient (Wildman–Crippen LogP) is 1.93. The summed E-state index contributed by atoms with van der Waals surface area (Å²) in [4.78, 5) is 33.9. The second-order valence-corrected chi connectivity index (χ2v) is 11.0. The Morgan fingerprint density at radius 2 is 0.958 bits per heavy atom. The summed E-state index contributed by atoms with van der Waals surface area (Å²) >= 11 is 0. The molecule has 12 nitrogen and oxygen atoms in total. The van der Waals surface area contributed by atoms with Crippen LogP contribution in [0.15, 0.2) is 24.3 Å². The Bertz CT molecular complexity index is 1460. The predicted molar refractivity (Wildman–Crippen MR) is 185 cm³/mol. The van der Waals surface area contributed by atoms with Gasteiger partial charge in [-0.1, -0.05) is 19.3 Å². The first-order chi connectivity index (χ1) is 22.3. The zero-order chi connectivity index (χ0) is 33.1. The molecule has 2 amide bonds. The van der Waals surface area contributed by atoms with Crippen molar-refractivity contribution >= 4 is 11.8 Å². The highest BCUT2D eigenvalue weighted by atomic mass is 16.5. The molecule has 0 aromatic heterocycles. The molecule has 2 saturated heterocycles. The molecular weight excluding hydrogens is 616 g/mol. The molecule has 262 valence electrons. The summed E-state index contributed by atoms with van der Waals surface area (Å²) < 4.78 is 26.9. The number of rotatable bonds is 9. The van der Waals surface area contributed by atoms with E-state index in [0.717, 1.165) is 51.3 Å². The molecule has 0 spiro atoms. The molecular formula is C36H50N4O8. The summed E-state index contributed by atoms with van der Waals surface area (Å²) in [5.74, 6) is 13.9. The summed E-state index contributed by atoms with van der Waals surface area (Å²) in [6.45, 7) is 9.75. The zero-order valence-electron chi connectivity index (χ0n) is 28.2. The van der Waals surface area contributed by atoms with Gasteiger partial charge in [0.25, 0.3) is 11.8 Å². The van der Waals surface area contributed by atoms with Gasteiger partial charge in [-0.3, -0.25) is 19.4 Å². The normalized spacial score (nSPS) is 14.5. The fraction of sp³-hybridized carbons (Fsp3) is 0.500. The van der Waals surface area contributed by atoms with Crippen molar-refractivity contribution in [2.75, 3.05) is 101 Å². The molecule has 2 aromatic carbocycles. The van der Waals surface area contributed by atoms with Crippen molar-refractivity contribution < 1.29 is 38.7 Å². The molecule has 2 aliphatic heterocycles. The summed E-state index contributed by atoms with van der Waals surface area (Å²) in [5, 5.41) is 0. The van der Waals surface area contributed by atoms with Gasteiger partial charge < -0.3 is 39.0 Å². The Morgan fingerprint density at radius 3 is 1.29 bits per heavy atom. The van der Waals surface area contributed by atoms with Crippen LogP contribution in [-0.2, 0) is 9.59 Å². The molecule has 2 N–H and O–H groups in total. The minimum atomic E-state index is -0.191. The average Bonchev–Trinajstić information content (AvgIpc) is 3.09. The molecule has 0 saturated carbocycles. The maximum absolute atomic E-state index is 12.8. The molecule has 48 heavy (non-hydrogen) atoms. The quantitative estimate of drug-likeness (QED) is 0.370. The molecule has 2 heterocycles. The lowest BCUT2D eigenvalue weighted by Crippen LogP contribution is -2.50. The molecule has 2 fully saturated rings. The van der Waals surface area contributed by atoms with Crippen molar-refractivity contribution in [3.05, 3.63) is 41.0 Å². The highest BCUT2D eigenvalue weighted by Gasteiger charge is 2.22. The van der Waals surface area contributed by atoms with Crippen molar-refractivity contribution in [2.45, 2.75) is 20.8 Å². The molecule has 4 rings (SSSR count). The van der Waals surface area contributed by atoms with Crippen molar-refractivity contribution in [3.8, 4) is 52.4 Å². The third-order valence-corrected chi connectivity index (χ3v) is 8.31. The largest absolute Gasteiger partial charge is 0.496 e. The van der Waals surface area contributed by atoms with E-state index in [1.807, 2.05) is 24.0 Å². The lowest BCUT2D eigenvalue weighted by Gasteiger charge is -2.36. The smallest absolute Gasteiger partial charge is 0.298 e. The van der Waals surface area contributed by atoms with Gasteiger partial charge in [-0.05, 0) is 50.7 Å². The fourth-order valence-electron chi connectivity index (χ4n) is 5.59. The van der Waals surface area contributed by atoms with E-state index in [2.05, 4.69) is 33.5 Å². The summed E-state index contributed by atoms with van der Waals surface area (Å²) in [7, 11) is 7.84. The lowest BCUT2D eigenvalue weighted by molar-refractivity contribution is -0.127. The van der Waals surface area contributed by atoms with Crippen molar-refractivity contribution in [3.63, 3.8) is 0 Å². The van der Waals surface area contributed by atoms with Crippen LogP contribution in [0.3, 0.4) is 0 Å². The Balaban J connectivity index is 0.00000400. The number of methoxy groups -OCH3 is 5. The van der Waals surface area contributed by atoms with Crippen LogP contribution in [0.4, 0.5) is 0 Å². The van der Waals surface area contributed by atoms with Gasteiger partial charge >= 0.3 is 0 Å².